The van der Waals surface area contributed by atoms with Crippen molar-refractivity contribution in [2.75, 3.05) is 57.3 Å². The monoisotopic (exact) mass is 681 g/mol. The van der Waals surface area contributed by atoms with Crippen molar-refractivity contribution in [3.63, 3.8) is 0 Å². The second-order valence-electron chi connectivity index (χ2n) is 13.8. The second kappa shape index (κ2) is 15.8. The quantitative estimate of drug-likeness (QED) is 0.257. The Bertz CT molecular complexity index is 1550. The molecule has 2 fully saturated rings. The molecule has 3 aliphatic rings. The van der Waals surface area contributed by atoms with E-state index < -0.39 is 5.82 Å². The summed E-state index contributed by atoms with van der Waals surface area (Å²) in [7, 11) is 0. The minimum absolute atomic E-state index is 0. The first-order valence-corrected chi connectivity index (χ1v) is 17.1. The number of carbonyl (C=O) groups excluding carboxylic acids is 1. The van der Waals surface area contributed by atoms with Crippen LogP contribution in [0.1, 0.15) is 68.6 Å². The fraction of sp³-hybridized carbons (Fsp3) is 0.556. The predicted octanol–water partition coefficient (Wildman–Crippen LogP) is 5.75. The lowest BCUT2D eigenvalue weighted by Gasteiger charge is -2.49. The lowest BCUT2D eigenvalue weighted by molar-refractivity contribution is 0.0713. The highest BCUT2D eigenvalue weighted by molar-refractivity contribution is 5.97. The van der Waals surface area contributed by atoms with Gasteiger partial charge < -0.3 is 24.6 Å². The van der Waals surface area contributed by atoms with Gasteiger partial charge in [-0.2, -0.15) is 0 Å². The van der Waals surface area contributed by atoms with Gasteiger partial charge in [0.1, 0.15) is 23.6 Å². The summed E-state index contributed by atoms with van der Waals surface area (Å²) in [5, 5.41) is 3.47. The lowest BCUT2D eigenvalue weighted by atomic mass is 9.79. The largest absolute Gasteiger partial charge is 0.493 e. The molecule has 0 aliphatic carbocycles. The summed E-state index contributed by atoms with van der Waals surface area (Å²) < 4.78 is 27.0. The van der Waals surface area contributed by atoms with Crippen molar-refractivity contribution < 1.29 is 18.7 Å². The Kier molecular flexibility index (Phi) is 11.8. The summed E-state index contributed by atoms with van der Waals surface area (Å²) in [6, 6.07) is 6.01. The zero-order chi connectivity index (χ0) is 33.0. The molecule has 48 heavy (non-hydrogen) atoms. The summed E-state index contributed by atoms with van der Waals surface area (Å²) >= 11 is 0. The Balaban J connectivity index is 0.00000451. The summed E-state index contributed by atoms with van der Waals surface area (Å²) in [4.78, 5) is 33.2. The van der Waals surface area contributed by atoms with E-state index in [1.807, 2.05) is 33.0 Å². The zero-order valence-corrected chi connectivity index (χ0v) is 29.4. The summed E-state index contributed by atoms with van der Waals surface area (Å²) in [5.74, 6) is 2.30. The number of amides is 1. The third kappa shape index (κ3) is 8.18. The van der Waals surface area contributed by atoms with E-state index in [4.69, 9.17) is 9.47 Å². The Morgan fingerprint density at radius 1 is 1.15 bits per heavy atom. The van der Waals surface area contributed by atoms with E-state index in [0.717, 1.165) is 70.3 Å². The predicted molar refractivity (Wildman–Crippen MR) is 187 cm³/mol. The van der Waals surface area contributed by atoms with Crippen LogP contribution in [0.4, 0.5) is 10.2 Å². The number of benzene rings is 1. The average molecular weight is 682 g/mol. The molecule has 260 valence electrons. The van der Waals surface area contributed by atoms with Crippen molar-refractivity contribution in [1.82, 2.24) is 30.1 Å². The molecule has 0 unspecified atom stereocenters. The number of hydrogen-bond acceptors (Lipinski definition) is 9. The molecule has 0 saturated carbocycles. The molecule has 5 heterocycles. The molecule has 6 rings (SSSR count). The molecule has 0 spiro atoms. The first-order chi connectivity index (χ1) is 22.7. The van der Waals surface area contributed by atoms with E-state index in [9.17, 15) is 9.18 Å². The van der Waals surface area contributed by atoms with Crippen LogP contribution in [0, 0.1) is 17.2 Å². The molecular formula is C36H49ClFN7O3. The third-order valence-electron chi connectivity index (χ3n) is 9.81. The maximum atomic E-state index is 14.3. The van der Waals surface area contributed by atoms with E-state index in [0.29, 0.717) is 24.7 Å². The smallest absolute Gasteiger partial charge is 0.257 e. The average Bonchev–Trinajstić information content (AvgIpc) is 3.05. The molecule has 1 aromatic carbocycles. The fourth-order valence-corrected chi connectivity index (χ4v) is 7.17. The minimum Gasteiger partial charge on any atom is -0.493 e. The molecule has 12 heteroatoms. The molecule has 3 aromatic rings. The van der Waals surface area contributed by atoms with Gasteiger partial charge in [-0.3, -0.25) is 14.7 Å². The van der Waals surface area contributed by atoms with Gasteiger partial charge in [0.25, 0.3) is 5.91 Å². The first kappa shape index (κ1) is 35.8. The van der Waals surface area contributed by atoms with Crippen LogP contribution in [0.15, 0.2) is 43.0 Å². The Hall–Kier alpha value is -3.54. The van der Waals surface area contributed by atoms with E-state index in [1.165, 1.54) is 48.6 Å². The highest BCUT2D eigenvalue weighted by Crippen LogP contribution is 2.41. The van der Waals surface area contributed by atoms with Crippen molar-refractivity contribution in [1.29, 1.82) is 0 Å². The summed E-state index contributed by atoms with van der Waals surface area (Å²) in [6.07, 6.45) is 9.33. The van der Waals surface area contributed by atoms with Crippen molar-refractivity contribution in [3.05, 3.63) is 65.6 Å². The standard InChI is InChI=1S/C36H48FN7O3.ClH/c1-5-44(25(2)3)35(45)28-18-27(37)6-7-32(28)47-33-19-39-24-41-34(33)43-22-36(4,23-43)12-17-46-31-10-15-40-30-11-16-42(21-29(30)31)20-26-8-13-38-14-9-26;/h6-7,10,15,18-19,24-26,38H,5,8-9,11-14,16-17,20-23H2,1-4H3;1H. The molecule has 0 bridgehead atoms. The van der Waals surface area contributed by atoms with Gasteiger partial charge in [-0.1, -0.05) is 6.92 Å². The SMILES string of the molecule is CCN(C(=O)c1cc(F)ccc1Oc1cncnc1N1CC(C)(CCOc2ccnc3c2CN(CC2CCNCC2)CC3)C1)C(C)C.Cl. The van der Waals surface area contributed by atoms with Gasteiger partial charge >= 0.3 is 0 Å². The number of anilines is 1. The highest BCUT2D eigenvalue weighted by Gasteiger charge is 2.40. The van der Waals surface area contributed by atoms with Gasteiger partial charge in [0.15, 0.2) is 11.6 Å². The molecule has 0 radical (unpaired) electrons. The number of ether oxygens (including phenoxy) is 2. The van der Waals surface area contributed by atoms with Crippen LogP contribution in [-0.4, -0.2) is 89.1 Å². The summed E-state index contributed by atoms with van der Waals surface area (Å²) in [5.41, 5.74) is 2.62. The van der Waals surface area contributed by atoms with Crippen molar-refractivity contribution in [2.24, 2.45) is 11.3 Å². The van der Waals surface area contributed by atoms with Crippen molar-refractivity contribution in [2.45, 2.75) is 66.0 Å². The zero-order valence-electron chi connectivity index (χ0n) is 28.6. The molecule has 10 nitrogen and oxygen atoms in total. The number of fused-ring (bicyclic) bond motifs is 1. The molecule has 3 aliphatic heterocycles. The van der Waals surface area contributed by atoms with E-state index in [2.05, 4.69) is 37.0 Å². The van der Waals surface area contributed by atoms with Gasteiger partial charge in [0.2, 0.25) is 0 Å². The van der Waals surface area contributed by atoms with Crippen LogP contribution in [0.2, 0.25) is 0 Å². The molecule has 1 amide bonds. The normalized spacial score (nSPS) is 17.7. The second-order valence-corrected chi connectivity index (χ2v) is 13.8. The maximum Gasteiger partial charge on any atom is 0.257 e. The molecule has 0 atom stereocenters. The number of carbonyl (C=O) groups is 1. The van der Waals surface area contributed by atoms with Crippen LogP contribution < -0.4 is 19.7 Å². The number of nitrogens with zero attached hydrogens (tertiary/aromatic N) is 6. The van der Waals surface area contributed by atoms with Crippen LogP contribution in [0.5, 0.6) is 17.2 Å². The van der Waals surface area contributed by atoms with Crippen LogP contribution in [0.3, 0.4) is 0 Å². The van der Waals surface area contributed by atoms with Crippen molar-refractivity contribution >= 4 is 24.1 Å². The van der Waals surface area contributed by atoms with Crippen LogP contribution >= 0.6 is 12.4 Å². The van der Waals surface area contributed by atoms with Gasteiger partial charge in [-0.15, -0.1) is 12.4 Å². The number of pyridine rings is 1. The van der Waals surface area contributed by atoms with Crippen molar-refractivity contribution in [3.8, 4) is 17.2 Å². The van der Waals surface area contributed by atoms with E-state index in [-0.39, 0.29) is 41.1 Å². The lowest BCUT2D eigenvalue weighted by Crippen LogP contribution is -2.55. The number of hydrogen-bond donors (Lipinski definition) is 1. The highest BCUT2D eigenvalue weighted by atomic mass is 35.5. The maximum absolute atomic E-state index is 14.3. The van der Waals surface area contributed by atoms with Crippen LogP contribution in [-0.2, 0) is 13.0 Å². The Morgan fingerprint density at radius 2 is 1.94 bits per heavy atom. The number of nitrogens with one attached hydrogen (secondary N) is 1. The van der Waals surface area contributed by atoms with E-state index >= 15 is 0 Å². The first-order valence-electron chi connectivity index (χ1n) is 17.1. The number of aromatic nitrogens is 3. The van der Waals surface area contributed by atoms with Gasteiger partial charge in [-0.05, 0) is 83.3 Å². The Labute approximate surface area is 289 Å². The molecular weight excluding hydrogens is 633 g/mol. The van der Waals surface area contributed by atoms with E-state index in [1.54, 1.807) is 11.1 Å². The van der Waals surface area contributed by atoms with Gasteiger partial charge in [0.05, 0.1) is 18.4 Å². The van der Waals surface area contributed by atoms with Crippen LogP contribution in [0.25, 0.3) is 0 Å². The Morgan fingerprint density at radius 3 is 2.69 bits per heavy atom. The van der Waals surface area contributed by atoms with Gasteiger partial charge in [0, 0.05) is 74.6 Å². The topological polar surface area (TPSA) is 96.0 Å². The number of piperidine rings is 1. The molecule has 1 N–H and O–H groups in total. The minimum atomic E-state index is -0.493. The number of rotatable bonds is 12. The summed E-state index contributed by atoms with van der Waals surface area (Å²) in [6.45, 7) is 16.1. The molecule has 2 saturated heterocycles. The fourth-order valence-electron chi connectivity index (χ4n) is 7.17. The number of halogens is 2. The van der Waals surface area contributed by atoms with Gasteiger partial charge in [-0.25, -0.2) is 14.4 Å². The molecule has 2 aromatic heterocycles. The third-order valence-corrected chi connectivity index (χ3v) is 9.81.